The van der Waals surface area contributed by atoms with Gasteiger partial charge in [0.2, 0.25) is 5.88 Å². The maximum Gasteiger partial charge on any atom is 0.267 e. The summed E-state index contributed by atoms with van der Waals surface area (Å²) in [7, 11) is 0. The highest BCUT2D eigenvalue weighted by molar-refractivity contribution is 7.17. The molecular weight excluding hydrogens is 350 g/mol. The summed E-state index contributed by atoms with van der Waals surface area (Å²) in [6.07, 6.45) is 8.63. The summed E-state index contributed by atoms with van der Waals surface area (Å²) < 4.78 is 5.15. The third-order valence-electron chi connectivity index (χ3n) is 3.23. The number of oxime groups is 1. The van der Waals surface area contributed by atoms with Crippen molar-refractivity contribution >= 4 is 17.0 Å². The van der Waals surface area contributed by atoms with E-state index in [2.05, 4.69) is 31.2 Å². The first-order valence-corrected chi connectivity index (χ1v) is 8.49. The summed E-state index contributed by atoms with van der Waals surface area (Å²) in [4.78, 5) is 15.0. The molecule has 0 atom stereocenters. The molecule has 0 aliphatic rings. The van der Waals surface area contributed by atoms with E-state index < -0.39 is 0 Å². The normalized spacial score (nSPS) is 11.0. The molecule has 130 valence electrons. The Morgan fingerprint density at radius 3 is 2.77 bits per heavy atom. The van der Waals surface area contributed by atoms with Gasteiger partial charge in [0.05, 0.1) is 16.3 Å². The lowest BCUT2D eigenvalue weighted by Crippen LogP contribution is -2.00. The fraction of sp³-hybridized carbons (Fsp3) is 0.167. The van der Waals surface area contributed by atoms with Crippen LogP contribution in [-0.2, 0) is 0 Å². The monoisotopic (exact) mass is 365 g/mol. The standard InChI is InChI=1S/C18H15N5O2S/c1-4-10-24-15-7-8-16(22-21-15)25-23-13(3)17-12(2)20-18(26-17)14-6-5-9-19-11-14/h1,5-9,11H,10H2,2-3H3. The van der Waals surface area contributed by atoms with Gasteiger partial charge in [-0.3, -0.25) is 4.98 Å². The van der Waals surface area contributed by atoms with Crippen molar-refractivity contribution in [2.45, 2.75) is 13.8 Å². The minimum Gasteiger partial charge on any atom is -0.463 e. The molecule has 0 bridgehead atoms. The maximum absolute atomic E-state index is 5.34. The quantitative estimate of drug-likeness (QED) is 0.379. The van der Waals surface area contributed by atoms with Crippen molar-refractivity contribution in [1.82, 2.24) is 20.2 Å². The number of nitrogens with zero attached hydrogens (tertiary/aromatic N) is 5. The van der Waals surface area contributed by atoms with Crippen LogP contribution in [0.2, 0.25) is 0 Å². The van der Waals surface area contributed by atoms with Crippen LogP contribution in [0.4, 0.5) is 0 Å². The molecule has 0 aliphatic carbocycles. The van der Waals surface area contributed by atoms with Gasteiger partial charge in [0.25, 0.3) is 5.88 Å². The van der Waals surface area contributed by atoms with Gasteiger partial charge in [0, 0.05) is 30.1 Å². The molecule has 0 saturated heterocycles. The molecule has 0 fully saturated rings. The van der Waals surface area contributed by atoms with E-state index in [0.717, 1.165) is 21.1 Å². The summed E-state index contributed by atoms with van der Waals surface area (Å²) in [5.74, 6) is 2.94. The van der Waals surface area contributed by atoms with Crippen LogP contribution < -0.4 is 9.57 Å². The zero-order valence-electron chi connectivity index (χ0n) is 14.2. The highest BCUT2D eigenvalue weighted by Gasteiger charge is 2.12. The first kappa shape index (κ1) is 17.5. The van der Waals surface area contributed by atoms with Crippen molar-refractivity contribution in [3.63, 3.8) is 0 Å². The lowest BCUT2D eigenvalue weighted by molar-refractivity contribution is 0.312. The van der Waals surface area contributed by atoms with Gasteiger partial charge in [0.15, 0.2) is 6.61 Å². The molecule has 26 heavy (non-hydrogen) atoms. The van der Waals surface area contributed by atoms with Gasteiger partial charge in [0.1, 0.15) is 5.01 Å². The molecule has 7 nitrogen and oxygen atoms in total. The molecule has 0 unspecified atom stereocenters. The largest absolute Gasteiger partial charge is 0.463 e. The number of aryl methyl sites for hydroxylation is 1. The Bertz CT molecular complexity index is 946. The fourth-order valence-corrected chi connectivity index (χ4v) is 3.04. The second kappa shape index (κ2) is 8.18. The van der Waals surface area contributed by atoms with E-state index in [1.165, 1.54) is 11.3 Å². The van der Waals surface area contributed by atoms with Gasteiger partial charge in [-0.25, -0.2) is 4.98 Å². The molecule has 3 rings (SSSR count). The Morgan fingerprint density at radius 1 is 1.27 bits per heavy atom. The summed E-state index contributed by atoms with van der Waals surface area (Å²) in [5, 5.41) is 12.7. The Balaban J connectivity index is 1.72. The van der Waals surface area contributed by atoms with Crippen molar-refractivity contribution < 1.29 is 9.57 Å². The molecule has 0 N–H and O–H groups in total. The highest BCUT2D eigenvalue weighted by atomic mass is 32.1. The zero-order valence-corrected chi connectivity index (χ0v) is 15.0. The first-order valence-electron chi connectivity index (χ1n) is 7.67. The smallest absolute Gasteiger partial charge is 0.267 e. The SMILES string of the molecule is C#CCOc1ccc(ON=C(C)c2sc(-c3cccnc3)nc2C)nn1. The van der Waals surface area contributed by atoms with Crippen molar-refractivity contribution in [1.29, 1.82) is 0 Å². The number of ether oxygens (including phenoxy) is 1. The number of hydrogen-bond acceptors (Lipinski definition) is 8. The Morgan fingerprint density at radius 2 is 2.08 bits per heavy atom. The number of terminal acetylenes is 1. The van der Waals surface area contributed by atoms with Crippen molar-refractivity contribution in [3.8, 4) is 34.7 Å². The topological polar surface area (TPSA) is 82.4 Å². The van der Waals surface area contributed by atoms with Gasteiger partial charge >= 0.3 is 0 Å². The molecule has 8 heteroatoms. The summed E-state index contributed by atoms with van der Waals surface area (Å²) in [6, 6.07) is 7.07. The van der Waals surface area contributed by atoms with Crippen LogP contribution in [0, 0.1) is 19.3 Å². The summed E-state index contributed by atoms with van der Waals surface area (Å²) >= 11 is 1.53. The van der Waals surface area contributed by atoms with E-state index in [-0.39, 0.29) is 12.5 Å². The lowest BCUT2D eigenvalue weighted by Gasteiger charge is -2.01. The molecule has 3 aromatic heterocycles. The predicted molar refractivity (Wildman–Crippen MR) is 99.3 cm³/mol. The van der Waals surface area contributed by atoms with Gasteiger partial charge < -0.3 is 9.57 Å². The minimum atomic E-state index is 0.135. The Labute approximate surface area is 154 Å². The predicted octanol–water partition coefficient (Wildman–Crippen LogP) is 3.12. The number of aromatic nitrogens is 4. The second-order valence-corrected chi connectivity index (χ2v) is 6.14. The van der Waals surface area contributed by atoms with Gasteiger partial charge in [-0.1, -0.05) is 11.1 Å². The summed E-state index contributed by atoms with van der Waals surface area (Å²) in [5.41, 5.74) is 2.54. The molecule has 3 aromatic rings. The van der Waals surface area contributed by atoms with Crippen LogP contribution in [0.15, 0.2) is 41.8 Å². The Kier molecular flexibility index (Phi) is 5.51. The van der Waals surface area contributed by atoms with Crippen LogP contribution >= 0.6 is 11.3 Å². The average Bonchev–Trinajstić information content (AvgIpc) is 3.08. The molecule has 0 aliphatic heterocycles. The first-order chi connectivity index (χ1) is 12.7. The van der Waals surface area contributed by atoms with Crippen LogP contribution in [0.5, 0.6) is 11.8 Å². The third-order valence-corrected chi connectivity index (χ3v) is 4.54. The van der Waals surface area contributed by atoms with Crippen molar-refractivity contribution in [2.75, 3.05) is 6.61 Å². The van der Waals surface area contributed by atoms with E-state index in [0.29, 0.717) is 11.6 Å². The van der Waals surface area contributed by atoms with Crippen molar-refractivity contribution in [2.24, 2.45) is 5.16 Å². The van der Waals surface area contributed by atoms with Gasteiger partial charge in [-0.15, -0.1) is 28.0 Å². The van der Waals surface area contributed by atoms with Crippen LogP contribution in [-0.4, -0.2) is 32.5 Å². The van der Waals surface area contributed by atoms with E-state index in [9.17, 15) is 0 Å². The molecule has 0 radical (unpaired) electrons. The van der Waals surface area contributed by atoms with Crippen LogP contribution in [0.3, 0.4) is 0 Å². The molecule has 0 saturated carbocycles. The van der Waals surface area contributed by atoms with E-state index in [1.807, 2.05) is 26.0 Å². The lowest BCUT2D eigenvalue weighted by atomic mass is 10.3. The molecule has 3 heterocycles. The van der Waals surface area contributed by atoms with Crippen LogP contribution in [0.1, 0.15) is 17.5 Å². The number of rotatable bonds is 6. The van der Waals surface area contributed by atoms with Gasteiger partial charge in [-0.2, -0.15) is 0 Å². The van der Waals surface area contributed by atoms with Crippen molar-refractivity contribution in [3.05, 3.63) is 47.2 Å². The highest BCUT2D eigenvalue weighted by Crippen LogP contribution is 2.27. The Hall–Kier alpha value is -3.31. The minimum absolute atomic E-state index is 0.135. The van der Waals surface area contributed by atoms with E-state index >= 15 is 0 Å². The summed E-state index contributed by atoms with van der Waals surface area (Å²) in [6.45, 7) is 3.92. The average molecular weight is 365 g/mol. The second-order valence-electron chi connectivity index (χ2n) is 5.15. The molecular formula is C18H15N5O2S. The molecule has 0 spiro atoms. The van der Waals surface area contributed by atoms with Gasteiger partial charge in [-0.05, 0) is 26.0 Å². The zero-order chi connectivity index (χ0) is 18.4. The van der Waals surface area contributed by atoms with E-state index in [4.69, 9.17) is 16.0 Å². The van der Waals surface area contributed by atoms with E-state index in [1.54, 1.807) is 24.5 Å². The third kappa shape index (κ3) is 4.20. The maximum atomic E-state index is 5.34. The molecule has 0 aromatic carbocycles. The van der Waals surface area contributed by atoms with Crippen LogP contribution in [0.25, 0.3) is 10.6 Å². The fourth-order valence-electron chi connectivity index (χ4n) is 2.05. The number of pyridine rings is 1. The number of thiazole rings is 1. The number of hydrogen-bond donors (Lipinski definition) is 0. The molecule has 0 amide bonds.